The molecule has 1 aromatic rings. The standard InChI is InChI=1S/C18H29N3O2/c1-5-8-20(9-6-2)13(3)18(22)21-10-7-14-11-17(23-4)15(19)12-16(14)21/h11-13H,5-10,19H2,1-4H3/t13-/m0/s1. The highest BCUT2D eigenvalue weighted by molar-refractivity contribution is 5.99. The van der Waals surface area contributed by atoms with Crippen molar-refractivity contribution in [1.29, 1.82) is 0 Å². The number of hydrogen-bond acceptors (Lipinski definition) is 4. The Bertz CT molecular complexity index is 553. The van der Waals surface area contributed by atoms with Gasteiger partial charge in [-0.15, -0.1) is 0 Å². The number of ether oxygens (including phenoxy) is 1. The Balaban J connectivity index is 2.21. The summed E-state index contributed by atoms with van der Waals surface area (Å²) >= 11 is 0. The van der Waals surface area contributed by atoms with E-state index >= 15 is 0 Å². The molecule has 0 saturated heterocycles. The summed E-state index contributed by atoms with van der Waals surface area (Å²) in [6.45, 7) is 8.93. The number of nitrogens with two attached hydrogens (primary N) is 1. The number of methoxy groups -OCH3 is 1. The lowest BCUT2D eigenvalue weighted by atomic mass is 10.1. The minimum Gasteiger partial charge on any atom is -0.495 e. The van der Waals surface area contributed by atoms with Gasteiger partial charge in [0.05, 0.1) is 18.8 Å². The Morgan fingerprint density at radius 3 is 2.57 bits per heavy atom. The van der Waals surface area contributed by atoms with E-state index in [-0.39, 0.29) is 11.9 Å². The van der Waals surface area contributed by atoms with E-state index in [1.807, 2.05) is 24.0 Å². The molecule has 0 aliphatic carbocycles. The maximum atomic E-state index is 13.0. The van der Waals surface area contributed by atoms with Crippen molar-refractivity contribution in [3.05, 3.63) is 17.7 Å². The second kappa shape index (κ2) is 7.68. The van der Waals surface area contributed by atoms with Crippen molar-refractivity contribution in [1.82, 2.24) is 4.90 Å². The first-order chi connectivity index (χ1) is 11.0. The fraction of sp³-hybridized carbons (Fsp3) is 0.611. The van der Waals surface area contributed by atoms with Crippen LogP contribution in [0.3, 0.4) is 0 Å². The van der Waals surface area contributed by atoms with Gasteiger partial charge in [-0.3, -0.25) is 9.69 Å². The van der Waals surface area contributed by atoms with Gasteiger partial charge in [0.25, 0.3) is 0 Å². The number of anilines is 2. The van der Waals surface area contributed by atoms with Crippen LogP contribution in [-0.4, -0.2) is 43.6 Å². The molecule has 0 radical (unpaired) electrons. The van der Waals surface area contributed by atoms with Crippen molar-refractivity contribution < 1.29 is 9.53 Å². The molecule has 128 valence electrons. The summed E-state index contributed by atoms with van der Waals surface area (Å²) in [5, 5.41) is 0. The highest BCUT2D eigenvalue weighted by Gasteiger charge is 2.31. The van der Waals surface area contributed by atoms with E-state index in [1.54, 1.807) is 7.11 Å². The Morgan fingerprint density at radius 2 is 2.00 bits per heavy atom. The molecule has 0 saturated carbocycles. The summed E-state index contributed by atoms with van der Waals surface area (Å²) in [4.78, 5) is 17.1. The molecule has 0 bridgehead atoms. The molecule has 1 atom stereocenters. The van der Waals surface area contributed by atoms with Crippen LogP contribution in [0.2, 0.25) is 0 Å². The SMILES string of the molecule is CCCN(CCC)[C@@H](C)C(=O)N1CCc2cc(OC)c(N)cc21. The summed E-state index contributed by atoms with van der Waals surface area (Å²) in [5.41, 5.74) is 8.68. The lowest BCUT2D eigenvalue weighted by Gasteiger charge is -2.31. The lowest BCUT2D eigenvalue weighted by Crippen LogP contribution is -2.47. The number of nitrogen functional groups attached to an aromatic ring is 1. The number of hydrogen-bond donors (Lipinski definition) is 1. The van der Waals surface area contributed by atoms with E-state index in [2.05, 4.69) is 18.7 Å². The molecule has 23 heavy (non-hydrogen) atoms. The number of carbonyl (C=O) groups excluding carboxylic acids is 1. The third-order valence-electron chi connectivity index (χ3n) is 4.52. The summed E-state index contributed by atoms with van der Waals surface area (Å²) in [5.74, 6) is 0.847. The molecule has 0 fully saturated rings. The largest absolute Gasteiger partial charge is 0.495 e. The Morgan fingerprint density at radius 1 is 1.35 bits per heavy atom. The molecule has 1 heterocycles. The van der Waals surface area contributed by atoms with Crippen LogP contribution in [0.4, 0.5) is 11.4 Å². The van der Waals surface area contributed by atoms with Crippen LogP contribution >= 0.6 is 0 Å². The minimum absolute atomic E-state index is 0.107. The van der Waals surface area contributed by atoms with Gasteiger partial charge in [-0.2, -0.15) is 0 Å². The zero-order valence-corrected chi connectivity index (χ0v) is 14.8. The molecule has 2 N–H and O–H groups in total. The fourth-order valence-corrected chi connectivity index (χ4v) is 3.29. The highest BCUT2D eigenvalue weighted by atomic mass is 16.5. The second-order valence-corrected chi connectivity index (χ2v) is 6.17. The Labute approximate surface area is 139 Å². The van der Waals surface area contributed by atoms with Gasteiger partial charge in [-0.05, 0) is 57.0 Å². The first-order valence-electron chi connectivity index (χ1n) is 8.55. The second-order valence-electron chi connectivity index (χ2n) is 6.17. The molecular formula is C18H29N3O2. The maximum Gasteiger partial charge on any atom is 0.244 e. The van der Waals surface area contributed by atoms with E-state index < -0.39 is 0 Å². The molecule has 2 rings (SSSR count). The number of fused-ring (bicyclic) bond motifs is 1. The van der Waals surface area contributed by atoms with Crippen molar-refractivity contribution in [2.75, 3.05) is 37.4 Å². The van der Waals surface area contributed by atoms with Gasteiger partial charge in [0.2, 0.25) is 5.91 Å². The van der Waals surface area contributed by atoms with Crippen LogP contribution in [-0.2, 0) is 11.2 Å². The van der Waals surface area contributed by atoms with Gasteiger partial charge >= 0.3 is 0 Å². The fourth-order valence-electron chi connectivity index (χ4n) is 3.29. The molecule has 0 spiro atoms. The van der Waals surface area contributed by atoms with Crippen molar-refractivity contribution in [2.45, 2.75) is 46.1 Å². The van der Waals surface area contributed by atoms with Gasteiger partial charge < -0.3 is 15.4 Å². The topological polar surface area (TPSA) is 58.8 Å². The summed E-state index contributed by atoms with van der Waals surface area (Å²) < 4.78 is 5.28. The minimum atomic E-state index is -0.107. The summed E-state index contributed by atoms with van der Waals surface area (Å²) in [6.07, 6.45) is 2.96. The molecule has 5 nitrogen and oxygen atoms in total. The Kier molecular flexibility index (Phi) is 5.88. The molecule has 1 aromatic carbocycles. The number of rotatable bonds is 7. The smallest absolute Gasteiger partial charge is 0.244 e. The number of amides is 1. The van der Waals surface area contributed by atoms with Crippen LogP contribution < -0.4 is 15.4 Å². The quantitative estimate of drug-likeness (QED) is 0.785. The lowest BCUT2D eigenvalue weighted by molar-refractivity contribution is -0.123. The third-order valence-corrected chi connectivity index (χ3v) is 4.52. The summed E-state index contributed by atoms with van der Waals surface area (Å²) in [6, 6.07) is 3.72. The molecular weight excluding hydrogens is 290 g/mol. The van der Waals surface area contributed by atoms with Crippen LogP contribution in [0.5, 0.6) is 5.75 Å². The predicted octanol–water partition coefficient (Wildman–Crippen LogP) is 2.68. The maximum absolute atomic E-state index is 13.0. The van der Waals surface area contributed by atoms with E-state index in [4.69, 9.17) is 10.5 Å². The molecule has 1 amide bonds. The van der Waals surface area contributed by atoms with Crippen LogP contribution in [0.15, 0.2) is 12.1 Å². The molecule has 0 unspecified atom stereocenters. The number of nitrogens with zero attached hydrogens (tertiary/aromatic N) is 2. The van der Waals surface area contributed by atoms with Crippen LogP contribution in [0, 0.1) is 0 Å². The average molecular weight is 319 g/mol. The molecule has 5 heteroatoms. The Hall–Kier alpha value is -1.75. The van der Waals surface area contributed by atoms with Gasteiger partial charge in [-0.1, -0.05) is 13.8 Å². The van der Waals surface area contributed by atoms with Crippen molar-refractivity contribution in [3.8, 4) is 5.75 Å². The zero-order valence-electron chi connectivity index (χ0n) is 14.8. The molecule has 1 aliphatic rings. The van der Waals surface area contributed by atoms with E-state index in [1.165, 1.54) is 0 Å². The van der Waals surface area contributed by atoms with E-state index in [0.29, 0.717) is 11.4 Å². The molecule has 0 aromatic heterocycles. The highest BCUT2D eigenvalue weighted by Crippen LogP contribution is 2.36. The van der Waals surface area contributed by atoms with Gasteiger partial charge in [0, 0.05) is 12.2 Å². The van der Waals surface area contributed by atoms with Gasteiger partial charge in [-0.25, -0.2) is 0 Å². The number of carbonyl (C=O) groups is 1. The monoisotopic (exact) mass is 319 g/mol. The van der Waals surface area contributed by atoms with Crippen LogP contribution in [0.1, 0.15) is 39.2 Å². The van der Waals surface area contributed by atoms with Crippen LogP contribution in [0.25, 0.3) is 0 Å². The normalized spacial score (nSPS) is 14.9. The van der Waals surface area contributed by atoms with Crippen molar-refractivity contribution in [3.63, 3.8) is 0 Å². The van der Waals surface area contributed by atoms with E-state index in [9.17, 15) is 4.79 Å². The molecule has 1 aliphatic heterocycles. The van der Waals surface area contributed by atoms with E-state index in [0.717, 1.165) is 50.1 Å². The number of benzene rings is 1. The summed E-state index contributed by atoms with van der Waals surface area (Å²) in [7, 11) is 1.62. The van der Waals surface area contributed by atoms with Crippen molar-refractivity contribution >= 4 is 17.3 Å². The first-order valence-corrected chi connectivity index (χ1v) is 8.55. The third kappa shape index (κ3) is 3.61. The average Bonchev–Trinajstić information content (AvgIpc) is 2.95. The van der Waals surface area contributed by atoms with Gasteiger partial charge in [0.1, 0.15) is 5.75 Å². The predicted molar refractivity (Wildman–Crippen MR) is 95.1 cm³/mol. The van der Waals surface area contributed by atoms with Crippen molar-refractivity contribution in [2.24, 2.45) is 0 Å². The van der Waals surface area contributed by atoms with Gasteiger partial charge in [0.15, 0.2) is 0 Å². The first kappa shape index (κ1) is 17.6. The zero-order chi connectivity index (χ0) is 17.0.